The molecule has 4 aliphatic heterocycles. The van der Waals surface area contributed by atoms with Crippen LogP contribution < -0.4 is 55.6 Å². The zero-order chi connectivity index (χ0) is 48.9. The van der Waals surface area contributed by atoms with Gasteiger partial charge in [-0.15, -0.1) is 0 Å². The quantitative estimate of drug-likeness (QED) is 0.0639. The van der Waals surface area contributed by atoms with E-state index in [9.17, 15) is 36.9 Å². The molecule has 0 spiro atoms. The highest BCUT2D eigenvalue weighted by molar-refractivity contribution is 7.86. The molecule has 0 aromatic heterocycles. The van der Waals surface area contributed by atoms with Gasteiger partial charge in [-0.05, 0) is 79.8 Å². The molecule has 5 aromatic rings. The van der Waals surface area contributed by atoms with Crippen molar-refractivity contribution in [1.82, 2.24) is 5.32 Å². The maximum atomic E-state index is 14.6. The molecule has 5 aromatic carbocycles. The zero-order valence-electron chi connectivity index (χ0n) is 37.6. The smallest absolute Gasteiger partial charge is 0.414 e. The molecule has 3 unspecified atom stereocenters. The second kappa shape index (κ2) is 18.3. The summed E-state index contributed by atoms with van der Waals surface area (Å²) in [5.74, 6) is -2.06. The Hall–Kier alpha value is -7.88. The number of para-hydroxylation sites is 2. The van der Waals surface area contributed by atoms with Gasteiger partial charge in [0.1, 0.15) is 12.6 Å². The standard InChI is InChI=1S/C48H47N7O13S/c1-25(49)43(56)50-26(2)44(57)51-30-15-13-27(14-16-30)24-66-48(60)53-23-31-17-28-9-5-7-11-35(28)54(31)47(59)33-20-40(65-4)42(22-37(33)53)68-67-41-21-34-32(19-39(41)64-3)46(58)55-36-12-8-6-10-29(36)18-38(55)45(52-34)69(61,62)63/h5-16,19-22,25-26,31,38,45,52H,17-18,23-24,49H2,1-4H3,(H,50,56)(H,51,57)(H,61,62,63)/t25?,26?,31-,38-,45?/m0/s1. The predicted octanol–water partition coefficient (Wildman–Crippen LogP) is 4.81. The summed E-state index contributed by atoms with van der Waals surface area (Å²) in [6, 6.07) is 23.4. The SMILES string of the molecule is COc1cc2c(cc1OOc1cc3c(cc1OC)C(=O)N1c4ccccc4C[C@H]1CN3C(=O)OCc1ccc(NC(=O)C(C)NC(=O)C(C)N)cc1)NC(S(=O)(=O)O)[C@@H]1Cc3ccccc3N1C2=O. The minimum atomic E-state index is -4.79. The van der Waals surface area contributed by atoms with Gasteiger partial charge in [-0.25, -0.2) is 4.79 Å². The number of amides is 5. The van der Waals surface area contributed by atoms with Gasteiger partial charge >= 0.3 is 6.09 Å². The molecule has 0 saturated heterocycles. The van der Waals surface area contributed by atoms with Gasteiger partial charge in [-0.2, -0.15) is 8.42 Å². The summed E-state index contributed by atoms with van der Waals surface area (Å²) in [7, 11) is -2.10. The maximum Gasteiger partial charge on any atom is 0.414 e. The van der Waals surface area contributed by atoms with Crippen molar-refractivity contribution in [2.24, 2.45) is 5.73 Å². The second-order valence-corrected chi connectivity index (χ2v) is 18.5. The highest BCUT2D eigenvalue weighted by Crippen LogP contribution is 2.45. The number of anilines is 5. The summed E-state index contributed by atoms with van der Waals surface area (Å²) in [5, 5.41) is 6.47. The molecule has 0 saturated carbocycles. The van der Waals surface area contributed by atoms with E-state index in [-0.39, 0.29) is 65.1 Å². The Morgan fingerprint density at radius 3 is 2.00 bits per heavy atom. The van der Waals surface area contributed by atoms with E-state index in [2.05, 4.69) is 16.0 Å². The Balaban J connectivity index is 0.997. The Labute approximate surface area is 395 Å². The molecule has 20 nitrogen and oxygen atoms in total. The lowest BCUT2D eigenvalue weighted by molar-refractivity contribution is -0.126. The van der Waals surface area contributed by atoms with E-state index in [0.29, 0.717) is 29.0 Å². The fourth-order valence-electron chi connectivity index (χ4n) is 8.97. The summed E-state index contributed by atoms with van der Waals surface area (Å²) in [6.07, 6.45) is -0.197. The zero-order valence-corrected chi connectivity index (χ0v) is 38.4. The van der Waals surface area contributed by atoms with Crippen LogP contribution in [0.15, 0.2) is 97.1 Å². The Bertz CT molecular complexity index is 3020. The van der Waals surface area contributed by atoms with E-state index in [1.807, 2.05) is 24.3 Å². The normalized spacial score (nSPS) is 18.6. The van der Waals surface area contributed by atoms with Gasteiger partial charge in [0.05, 0.1) is 61.4 Å². The molecule has 358 valence electrons. The van der Waals surface area contributed by atoms with Crippen molar-refractivity contribution in [3.8, 4) is 23.0 Å². The van der Waals surface area contributed by atoms with Gasteiger partial charge in [0.25, 0.3) is 21.9 Å². The number of hydrogen-bond donors (Lipinski definition) is 5. The minimum absolute atomic E-state index is 0.000173. The summed E-state index contributed by atoms with van der Waals surface area (Å²) in [6.45, 7) is 2.86. The monoisotopic (exact) mass is 961 g/mol. The number of carbonyl (C=O) groups excluding carboxylic acids is 5. The molecule has 6 N–H and O–H groups in total. The predicted molar refractivity (Wildman–Crippen MR) is 252 cm³/mol. The molecule has 21 heteroatoms. The molecule has 0 aliphatic carbocycles. The Kier molecular flexibility index (Phi) is 12.3. The van der Waals surface area contributed by atoms with Crippen molar-refractivity contribution < 1.29 is 60.9 Å². The van der Waals surface area contributed by atoms with Crippen LogP contribution in [-0.2, 0) is 43.9 Å². The van der Waals surface area contributed by atoms with E-state index in [1.54, 1.807) is 53.4 Å². The molecule has 0 bridgehead atoms. The number of methoxy groups -OCH3 is 2. The fourth-order valence-corrected chi connectivity index (χ4v) is 9.86. The van der Waals surface area contributed by atoms with Crippen molar-refractivity contribution in [3.05, 3.63) is 125 Å². The number of benzene rings is 5. The average molecular weight is 962 g/mol. The molecule has 9 rings (SSSR count). The average Bonchev–Trinajstić information content (AvgIpc) is 3.84. The first-order chi connectivity index (χ1) is 33.0. The van der Waals surface area contributed by atoms with E-state index in [1.165, 1.54) is 62.1 Å². The van der Waals surface area contributed by atoms with Gasteiger partial charge in [-0.3, -0.25) is 38.4 Å². The van der Waals surface area contributed by atoms with Gasteiger partial charge in [0.2, 0.25) is 23.3 Å². The number of carbonyl (C=O) groups is 5. The van der Waals surface area contributed by atoms with Crippen molar-refractivity contribution in [3.63, 3.8) is 0 Å². The van der Waals surface area contributed by atoms with Crippen molar-refractivity contribution in [2.75, 3.05) is 46.1 Å². The third kappa shape index (κ3) is 8.78. The first-order valence-corrected chi connectivity index (χ1v) is 23.3. The molecule has 5 atom stereocenters. The highest BCUT2D eigenvalue weighted by Gasteiger charge is 2.48. The largest absolute Gasteiger partial charge is 0.493 e. The van der Waals surface area contributed by atoms with Crippen molar-refractivity contribution >= 4 is 68.3 Å². The van der Waals surface area contributed by atoms with E-state index in [4.69, 9.17) is 29.7 Å². The number of rotatable bonds is 12. The number of fused-ring (bicyclic) bond motifs is 8. The van der Waals surface area contributed by atoms with Crippen LogP contribution in [0.4, 0.5) is 33.2 Å². The minimum Gasteiger partial charge on any atom is -0.493 e. The topological polar surface area (TPSA) is 258 Å². The molecule has 5 amide bonds. The van der Waals surface area contributed by atoms with Crippen LogP contribution in [0.25, 0.3) is 0 Å². The molecule has 0 radical (unpaired) electrons. The molecule has 69 heavy (non-hydrogen) atoms. The van der Waals surface area contributed by atoms with Crippen LogP contribution in [-0.4, -0.2) is 93.0 Å². The fraction of sp³-hybridized carbons (Fsp3) is 0.271. The first kappa shape index (κ1) is 46.2. The Morgan fingerprint density at radius 1 is 0.768 bits per heavy atom. The maximum absolute atomic E-state index is 14.6. The molecular weight excluding hydrogens is 915 g/mol. The lowest BCUT2D eigenvalue weighted by Crippen LogP contribution is -2.49. The van der Waals surface area contributed by atoms with Crippen LogP contribution in [0.2, 0.25) is 0 Å². The lowest BCUT2D eigenvalue weighted by Gasteiger charge is -2.27. The van der Waals surface area contributed by atoms with E-state index >= 15 is 0 Å². The van der Waals surface area contributed by atoms with E-state index in [0.717, 1.165) is 11.1 Å². The van der Waals surface area contributed by atoms with Crippen LogP contribution in [0.1, 0.15) is 51.3 Å². The molecule has 0 fully saturated rings. The second-order valence-electron chi connectivity index (χ2n) is 16.9. The van der Waals surface area contributed by atoms with Crippen LogP contribution in [0.5, 0.6) is 23.0 Å². The van der Waals surface area contributed by atoms with Crippen molar-refractivity contribution in [2.45, 2.75) is 62.8 Å². The summed E-state index contributed by atoms with van der Waals surface area (Å²) in [4.78, 5) is 83.8. The first-order valence-electron chi connectivity index (χ1n) is 21.8. The number of hydrogen-bond acceptors (Lipinski definition) is 14. The summed E-state index contributed by atoms with van der Waals surface area (Å²) in [5.41, 5.74) is 9.68. The number of nitrogens with one attached hydrogen (secondary N) is 3. The van der Waals surface area contributed by atoms with Crippen LogP contribution in [0.3, 0.4) is 0 Å². The summed E-state index contributed by atoms with van der Waals surface area (Å²) >= 11 is 0. The molecule has 4 heterocycles. The number of nitrogens with two attached hydrogens (primary N) is 1. The number of nitrogens with zero attached hydrogens (tertiary/aromatic N) is 3. The van der Waals surface area contributed by atoms with Crippen LogP contribution in [0, 0.1) is 0 Å². The van der Waals surface area contributed by atoms with Gasteiger partial charge in [-0.1, -0.05) is 48.5 Å². The highest BCUT2D eigenvalue weighted by atomic mass is 32.2. The third-order valence-corrected chi connectivity index (χ3v) is 13.5. The Morgan fingerprint density at radius 2 is 1.36 bits per heavy atom. The summed E-state index contributed by atoms with van der Waals surface area (Å²) < 4.78 is 53.4. The van der Waals surface area contributed by atoms with Crippen molar-refractivity contribution in [1.29, 1.82) is 0 Å². The lowest BCUT2D eigenvalue weighted by atomic mass is 10.1. The number of ether oxygens (including phenoxy) is 3. The van der Waals surface area contributed by atoms with Gasteiger partial charge in [0, 0.05) is 29.2 Å². The molecule has 4 aliphatic rings. The van der Waals surface area contributed by atoms with Gasteiger partial charge < -0.3 is 45.7 Å². The van der Waals surface area contributed by atoms with Gasteiger partial charge in [0.15, 0.2) is 16.9 Å². The third-order valence-electron chi connectivity index (χ3n) is 12.4. The van der Waals surface area contributed by atoms with E-state index < -0.39 is 69.4 Å². The van der Waals surface area contributed by atoms with Crippen LogP contribution >= 0.6 is 0 Å². The molecular formula is C48H47N7O13S.